The van der Waals surface area contributed by atoms with Gasteiger partial charge in [-0.05, 0) is 37.5 Å². The molecule has 0 radical (unpaired) electrons. The van der Waals surface area contributed by atoms with Gasteiger partial charge in [0.15, 0.2) is 5.82 Å². The third-order valence-corrected chi connectivity index (χ3v) is 4.08. The fraction of sp³-hybridized carbons (Fsp3) is 0.312. The summed E-state index contributed by atoms with van der Waals surface area (Å²) in [6.07, 6.45) is 8.96. The van der Waals surface area contributed by atoms with Gasteiger partial charge in [-0.1, -0.05) is 0 Å². The number of aliphatic imine (C=N–C) groups is 1. The summed E-state index contributed by atoms with van der Waals surface area (Å²) in [6, 6.07) is 3.85. The van der Waals surface area contributed by atoms with E-state index in [9.17, 15) is 5.11 Å². The molecule has 4 heterocycles. The molecule has 2 aromatic rings. The lowest BCUT2D eigenvalue weighted by molar-refractivity contribution is 0.454. The minimum absolute atomic E-state index is 0.0267. The lowest BCUT2D eigenvalue weighted by atomic mass is 10.1. The molecule has 6 nitrogen and oxygen atoms in total. The van der Waals surface area contributed by atoms with Crippen LogP contribution in [0.1, 0.15) is 30.5 Å². The summed E-state index contributed by atoms with van der Waals surface area (Å²) < 4.78 is 0. The van der Waals surface area contributed by atoms with Crippen molar-refractivity contribution < 1.29 is 5.11 Å². The fourth-order valence-electron chi connectivity index (χ4n) is 2.92. The Balaban J connectivity index is 1.65. The van der Waals surface area contributed by atoms with Gasteiger partial charge in [-0.3, -0.25) is 0 Å². The number of H-pyrrole nitrogens is 1. The maximum atomic E-state index is 10.1. The van der Waals surface area contributed by atoms with Gasteiger partial charge in [-0.25, -0.2) is 9.98 Å². The fourth-order valence-corrected chi connectivity index (χ4v) is 2.92. The number of fused-ring (bicyclic) bond motifs is 1. The van der Waals surface area contributed by atoms with E-state index in [1.165, 1.54) is 19.3 Å². The molecule has 0 unspecified atom stereocenters. The molecule has 1 fully saturated rings. The Bertz CT molecular complexity index is 756. The largest absolute Gasteiger partial charge is 0.492 e. The zero-order chi connectivity index (χ0) is 14.9. The number of piperidine rings is 1. The monoisotopic (exact) mass is 295 g/mol. The van der Waals surface area contributed by atoms with E-state index in [1.54, 1.807) is 12.4 Å². The van der Waals surface area contributed by atoms with Crippen molar-refractivity contribution in [3.05, 3.63) is 29.6 Å². The number of aromatic amines is 1. The Morgan fingerprint density at radius 1 is 1.23 bits per heavy atom. The second-order valence-corrected chi connectivity index (χ2v) is 5.58. The zero-order valence-corrected chi connectivity index (χ0v) is 12.2. The van der Waals surface area contributed by atoms with Crippen LogP contribution in [0.3, 0.4) is 0 Å². The van der Waals surface area contributed by atoms with Crippen LogP contribution in [0.2, 0.25) is 0 Å². The summed E-state index contributed by atoms with van der Waals surface area (Å²) in [7, 11) is 0. The minimum Gasteiger partial charge on any atom is -0.492 e. The molecule has 1 saturated heterocycles. The number of rotatable bonds is 2. The SMILES string of the molecule is Oc1nc(N2CCCCC2)[nH]c1/C=C1\C=Nc2ncccc21. The third kappa shape index (κ3) is 2.26. The Morgan fingerprint density at radius 2 is 2.09 bits per heavy atom. The molecule has 0 bridgehead atoms. The molecular weight excluding hydrogens is 278 g/mol. The summed E-state index contributed by atoms with van der Waals surface area (Å²) in [5.74, 6) is 1.48. The highest BCUT2D eigenvalue weighted by Gasteiger charge is 2.18. The predicted molar refractivity (Wildman–Crippen MR) is 86.6 cm³/mol. The topological polar surface area (TPSA) is 77.4 Å². The molecule has 0 atom stereocenters. The van der Waals surface area contributed by atoms with E-state index in [2.05, 4.69) is 24.8 Å². The number of hydrogen-bond donors (Lipinski definition) is 2. The van der Waals surface area contributed by atoms with Gasteiger partial charge in [0.05, 0.1) is 0 Å². The second-order valence-electron chi connectivity index (χ2n) is 5.58. The van der Waals surface area contributed by atoms with Crippen LogP contribution in [0.4, 0.5) is 11.8 Å². The molecule has 22 heavy (non-hydrogen) atoms. The molecule has 2 N–H and O–H groups in total. The molecule has 2 aliphatic rings. The summed E-state index contributed by atoms with van der Waals surface area (Å²) in [4.78, 5) is 18.1. The van der Waals surface area contributed by atoms with Crippen LogP contribution in [0.15, 0.2) is 23.3 Å². The van der Waals surface area contributed by atoms with Gasteiger partial charge in [0.1, 0.15) is 5.69 Å². The first-order valence-electron chi connectivity index (χ1n) is 7.56. The van der Waals surface area contributed by atoms with Crippen LogP contribution in [-0.4, -0.2) is 39.4 Å². The molecule has 0 amide bonds. The van der Waals surface area contributed by atoms with E-state index in [4.69, 9.17) is 0 Å². The molecule has 6 heteroatoms. The second kappa shape index (κ2) is 5.29. The van der Waals surface area contributed by atoms with Crippen molar-refractivity contribution in [2.45, 2.75) is 19.3 Å². The minimum atomic E-state index is 0.0267. The van der Waals surface area contributed by atoms with Crippen molar-refractivity contribution in [3.63, 3.8) is 0 Å². The van der Waals surface area contributed by atoms with E-state index in [-0.39, 0.29) is 5.88 Å². The van der Waals surface area contributed by atoms with Crippen molar-refractivity contribution in [1.29, 1.82) is 0 Å². The number of nitrogens with zero attached hydrogens (tertiary/aromatic N) is 4. The summed E-state index contributed by atoms with van der Waals surface area (Å²) >= 11 is 0. The number of allylic oxidation sites excluding steroid dienone is 1. The van der Waals surface area contributed by atoms with Crippen molar-refractivity contribution in [1.82, 2.24) is 15.0 Å². The normalized spacial score (nSPS) is 18.9. The predicted octanol–water partition coefficient (Wildman–Crippen LogP) is 2.76. The Morgan fingerprint density at radius 3 is 2.95 bits per heavy atom. The van der Waals surface area contributed by atoms with Crippen LogP contribution in [0, 0.1) is 0 Å². The molecule has 4 rings (SSSR count). The van der Waals surface area contributed by atoms with Gasteiger partial charge in [0, 0.05) is 36.6 Å². The summed E-state index contributed by atoms with van der Waals surface area (Å²) in [6.45, 7) is 1.97. The first kappa shape index (κ1) is 13.1. The molecule has 2 aromatic heterocycles. The standard InChI is InChI=1S/C16H17N5O/c22-15-13(19-16(20-15)21-7-2-1-3-8-21)9-11-10-18-14-12(11)5-4-6-17-14/h4-6,9-10,22H,1-3,7-8H2,(H,19,20)/b11-9+. The lowest BCUT2D eigenvalue weighted by Crippen LogP contribution is -2.30. The van der Waals surface area contributed by atoms with Crippen LogP contribution in [0.25, 0.3) is 11.6 Å². The summed E-state index contributed by atoms with van der Waals surface area (Å²) in [5, 5.41) is 10.1. The van der Waals surface area contributed by atoms with Crippen molar-refractivity contribution in [2.75, 3.05) is 18.0 Å². The van der Waals surface area contributed by atoms with E-state index in [0.717, 1.165) is 30.2 Å². The van der Waals surface area contributed by atoms with Gasteiger partial charge in [-0.15, -0.1) is 0 Å². The average Bonchev–Trinajstić information content (AvgIpc) is 3.13. The highest BCUT2D eigenvalue weighted by Crippen LogP contribution is 2.32. The van der Waals surface area contributed by atoms with Crippen molar-refractivity contribution >= 4 is 29.6 Å². The number of aromatic hydroxyl groups is 1. The van der Waals surface area contributed by atoms with Gasteiger partial charge in [-0.2, -0.15) is 4.98 Å². The number of imidazole rings is 1. The smallest absolute Gasteiger partial charge is 0.238 e. The number of aromatic nitrogens is 3. The Kier molecular flexibility index (Phi) is 3.14. The van der Waals surface area contributed by atoms with Crippen molar-refractivity contribution in [3.8, 4) is 5.88 Å². The number of hydrogen-bond acceptors (Lipinski definition) is 5. The molecule has 0 spiro atoms. The Labute approximate surface area is 128 Å². The van der Waals surface area contributed by atoms with Crippen molar-refractivity contribution in [2.24, 2.45) is 4.99 Å². The highest BCUT2D eigenvalue weighted by atomic mass is 16.3. The number of anilines is 1. The van der Waals surface area contributed by atoms with Gasteiger partial charge in [0.25, 0.3) is 0 Å². The average molecular weight is 295 g/mol. The first-order chi connectivity index (χ1) is 10.8. The van der Waals surface area contributed by atoms with Crippen LogP contribution >= 0.6 is 0 Å². The van der Waals surface area contributed by atoms with Crippen LogP contribution in [-0.2, 0) is 0 Å². The molecule has 0 saturated carbocycles. The van der Waals surface area contributed by atoms with Gasteiger partial charge in [0.2, 0.25) is 11.8 Å². The maximum Gasteiger partial charge on any atom is 0.238 e. The van der Waals surface area contributed by atoms with Crippen LogP contribution < -0.4 is 4.90 Å². The van der Waals surface area contributed by atoms with E-state index < -0.39 is 0 Å². The third-order valence-electron chi connectivity index (χ3n) is 4.08. The van der Waals surface area contributed by atoms with E-state index >= 15 is 0 Å². The van der Waals surface area contributed by atoms with E-state index in [0.29, 0.717) is 11.5 Å². The lowest BCUT2D eigenvalue weighted by Gasteiger charge is -2.25. The molecule has 2 aliphatic heterocycles. The first-order valence-corrected chi connectivity index (χ1v) is 7.56. The van der Waals surface area contributed by atoms with Gasteiger partial charge >= 0.3 is 0 Å². The molecular formula is C16H17N5O. The highest BCUT2D eigenvalue weighted by molar-refractivity contribution is 6.20. The quantitative estimate of drug-likeness (QED) is 0.893. The van der Waals surface area contributed by atoms with Gasteiger partial charge < -0.3 is 15.0 Å². The van der Waals surface area contributed by atoms with E-state index in [1.807, 2.05) is 18.2 Å². The molecule has 112 valence electrons. The number of nitrogens with one attached hydrogen (secondary N) is 1. The Hall–Kier alpha value is -2.63. The number of pyridine rings is 1. The zero-order valence-electron chi connectivity index (χ0n) is 12.2. The molecule has 0 aromatic carbocycles. The maximum absolute atomic E-state index is 10.1. The molecule has 0 aliphatic carbocycles. The van der Waals surface area contributed by atoms with Crippen LogP contribution in [0.5, 0.6) is 5.88 Å². The summed E-state index contributed by atoms with van der Waals surface area (Å²) in [5.41, 5.74) is 2.50.